The van der Waals surface area contributed by atoms with E-state index in [-0.39, 0.29) is 27.8 Å². The summed E-state index contributed by atoms with van der Waals surface area (Å²) in [5.74, 6) is 0.414. The van der Waals surface area contributed by atoms with Crippen LogP contribution in [-0.2, 0) is 0 Å². The molecule has 1 aromatic heterocycles. The maximum absolute atomic E-state index is 12.6. The van der Waals surface area contributed by atoms with Gasteiger partial charge in [-0.1, -0.05) is 23.7 Å². The van der Waals surface area contributed by atoms with Gasteiger partial charge in [0.05, 0.1) is 15.5 Å². The normalized spacial score (nSPS) is 10.3. The number of pyridine rings is 1. The van der Waals surface area contributed by atoms with Crippen molar-refractivity contribution in [3.05, 3.63) is 86.0 Å². The minimum Gasteiger partial charge on any atom is -0.455 e. The van der Waals surface area contributed by atoms with Crippen molar-refractivity contribution < 1.29 is 14.5 Å². The van der Waals surface area contributed by atoms with Gasteiger partial charge in [-0.15, -0.1) is 0 Å². The number of nitrogens with one attached hydrogen (secondary N) is 1. The van der Waals surface area contributed by atoms with Crippen molar-refractivity contribution in [2.24, 2.45) is 0 Å². The van der Waals surface area contributed by atoms with Gasteiger partial charge in [0.1, 0.15) is 17.3 Å². The molecule has 2 aromatic carbocycles. The van der Waals surface area contributed by atoms with E-state index >= 15 is 0 Å². The minimum absolute atomic E-state index is 0.0639. The number of nitro benzene ring substituents is 1. The second-order valence-electron chi connectivity index (χ2n) is 5.29. The number of amides is 1. The molecule has 3 rings (SSSR count). The molecule has 0 aliphatic rings. The molecule has 1 heterocycles. The molecule has 27 heavy (non-hydrogen) atoms. The van der Waals surface area contributed by atoms with Crippen molar-refractivity contribution in [3.63, 3.8) is 0 Å². The van der Waals surface area contributed by atoms with E-state index in [1.165, 1.54) is 18.2 Å². The Hall–Kier alpha value is -2.97. The number of hydrogen-bond donors (Lipinski definition) is 1. The third-order valence-electron chi connectivity index (χ3n) is 3.45. The highest BCUT2D eigenvalue weighted by molar-refractivity contribution is 9.10. The summed E-state index contributed by atoms with van der Waals surface area (Å²) in [6.07, 6.45) is 1.56. The quantitative estimate of drug-likeness (QED) is 0.414. The van der Waals surface area contributed by atoms with Crippen LogP contribution in [0.3, 0.4) is 0 Å². The Morgan fingerprint density at radius 2 is 1.93 bits per heavy atom. The number of nitrogens with zero attached hydrogens (tertiary/aromatic N) is 2. The van der Waals surface area contributed by atoms with E-state index in [1.807, 2.05) is 0 Å². The summed E-state index contributed by atoms with van der Waals surface area (Å²) in [6, 6.07) is 13.8. The van der Waals surface area contributed by atoms with Gasteiger partial charge in [-0.25, -0.2) is 4.98 Å². The van der Waals surface area contributed by atoms with Crippen LogP contribution in [0.15, 0.2) is 65.3 Å². The number of nitro groups is 1. The first-order valence-electron chi connectivity index (χ1n) is 7.58. The number of halogens is 2. The second kappa shape index (κ2) is 8.15. The number of benzene rings is 2. The summed E-state index contributed by atoms with van der Waals surface area (Å²) in [7, 11) is 0. The third-order valence-corrected chi connectivity index (χ3v) is 4.21. The number of hydrogen-bond acceptors (Lipinski definition) is 5. The number of anilines is 1. The van der Waals surface area contributed by atoms with Gasteiger partial charge in [0.15, 0.2) is 0 Å². The lowest BCUT2D eigenvalue weighted by Gasteiger charge is -2.12. The number of carbonyl (C=O) groups is 1. The Labute approximate surface area is 167 Å². The van der Waals surface area contributed by atoms with Gasteiger partial charge in [-0.05, 0) is 46.3 Å². The van der Waals surface area contributed by atoms with Gasteiger partial charge in [-0.2, -0.15) is 0 Å². The number of rotatable bonds is 5. The Morgan fingerprint density at radius 1 is 1.15 bits per heavy atom. The minimum atomic E-state index is -0.553. The van der Waals surface area contributed by atoms with Gasteiger partial charge in [0.2, 0.25) is 0 Å². The average Bonchev–Trinajstić information content (AvgIpc) is 2.65. The van der Waals surface area contributed by atoms with Crippen LogP contribution in [0.5, 0.6) is 11.5 Å². The first-order chi connectivity index (χ1) is 12.9. The highest BCUT2D eigenvalue weighted by Gasteiger charge is 2.16. The predicted molar refractivity (Wildman–Crippen MR) is 105 cm³/mol. The molecule has 0 radical (unpaired) electrons. The zero-order chi connectivity index (χ0) is 19.4. The van der Waals surface area contributed by atoms with Crippen LogP contribution in [0.25, 0.3) is 0 Å². The van der Waals surface area contributed by atoms with Crippen LogP contribution >= 0.6 is 27.5 Å². The highest BCUT2D eigenvalue weighted by Crippen LogP contribution is 2.34. The van der Waals surface area contributed by atoms with E-state index in [1.54, 1.807) is 42.6 Å². The van der Waals surface area contributed by atoms with Gasteiger partial charge in [0.25, 0.3) is 11.6 Å². The molecular formula is C18H11BrClN3O4. The standard InChI is InChI=1S/C18H11BrClN3O4/c19-11-5-8-17(21-10-11)22-18(24)13-3-1-2-4-15(13)27-16-7-6-12(23(25)26)9-14(16)20/h1-10H,(H,21,22,24). The molecule has 0 unspecified atom stereocenters. The van der Waals surface area contributed by atoms with E-state index in [4.69, 9.17) is 16.3 Å². The molecule has 0 fully saturated rings. The first-order valence-corrected chi connectivity index (χ1v) is 8.75. The van der Waals surface area contributed by atoms with Gasteiger partial charge < -0.3 is 10.1 Å². The summed E-state index contributed by atoms with van der Waals surface area (Å²) in [5.41, 5.74) is 0.108. The molecule has 3 aromatic rings. The second-order valence-corrected chi connectivity index (χ2v) is 6.61. The molecule has 1 N–H and O–H groups in total. The SMILES string of the molecule is O=C(Nc1ccc(Br)cn1)c1ccccc1Oc1ccc([N+](=O)[O-])cc1Cl. The molecule has 1 amide bonds. The maximum Gasteiger partial charge on any atom is 0.271 e. The lowest BCUT2D eigenvalue weighted by Crippen LogP contribution is -2.13. The fourth-order valence-corrected chi connectivity index (χ4v) is 2.63. The Balaban J connectivity index is 1.84. The molecule has 0 saturated carbocycles. The Kier molecular flexibility index (Phi) is 5.68. The molecule has 0 saturated heterocycles. The van der Waals surface area contributed by atoms with Crippen molar-refractivity contribution in [1.82, 2.24) is 4.98 Å². The zero-order valence-electron chi connectivity index (χ0n) is 13.6. The third kappa shape index (κ3) is 4.60. The average molecular weight is 449 g/mol. The number of ether oxygens (including phenoxy) is 1. The highest BCUT2D eigenvalue weighted by atomic mass is 79.9. The molecule has 0 aliphatic heterocycles. The molecule has 136 valence electrons. The largest absolute Gasteiger partial charge is 0.455 e. The van der Waals surface area contributed by atoms with Crippen LogP contribution in [0.4, 0.5) is 11.5 Å². The van der Waals surface area contributed by atoms with E-state index < -0.39 is 10.8 Å². The van der Waals surface area contributed by atoms with Gasteiger partial charge >= 0.3 is 0 Å². The topological polar surface area (TPSA) is 94.4 Å². The van der Waals surface area contributed by atoms with Crippen molar-refractivity contribution in [3.8, 4) is 11.5 Å². The predicted octanol–water partition coefficient (Wildman–Crippen LogP) is 5.45. The summed E-state index contributed by atoms with van der Waals surface area (Å²) in [4.78, 5) is 26.9. The van der Waals surface area contributed by atoms with Crippen molar-refractivity contribution in [1.29, 1.82) is 0 Å². The zero-order valence-corrected chi connectivity index (χ0v) is 15.9. The van der Waals surface area contributed by atoms with Gasteiger partial charge in [-0.3, -0.25) is 14.9 Å². The van der Waals surface area contributed by atoms with Gasteiger partial charge in [0, 0.05) is 22.8 Å². The molecule has 0 spiro atoms. The molecule has 0 atom stereocenters. The lowest BCUT2D eigenvalue weighted by molar-refractivity contribution is -0.384. The van der Waals surface area contributed by atoms with Crippen LogP contribution in [0.1, 0.15) is 10.4 Å². The first kappa shape index (κ1) is 18.8. The lowest BCUT2D eigenvalue weighted by atomic mass is 10.2. The number of para-hydroxylation sites is 1. The number of non-ortho nitro benzene ring substituents is 1. The van der Waals surface area contributed by atoms with E-state index in [0.29, 0.717) is 5.82 Å². The van der Waals surface area contributed by atoms with Crippen molar-refractivity contribution >= 4 is 44.9 Å². The summed E-state index contributed by atoms with van der Waals surface area (Å²) >= 11 is 9.33. The van der Waals surface area contributed by atoms with E-state index in [2.05, 4.69) is 26.2 Å². The fourth-order valence-electron chi connectivity index (χ4n) is 2.18. The molecular weight excluding hydrogens is 438 g/mol. The fraction of sp³-hybridized carbons (Fsp3) is 0. The molecule has 9 heteroatoms. The monoisotopic (exact) mass is 447 g/mol. The number of carbonyl (C=O) groups excluding carboxylic acids is 1. The Bertz CT molecular complexity index is 1010. The smallest absolute Gasteiger partial charge is 0.271 e. The van der Waals surface area contributed by atoms with Crippen molar-refractivity contribution in [2.45, 2.75) is 0 Å². The molecule has 7 nitrogen and oxygen atoms in total. The van der Waals surface area contributed by atoms with Crippen LogP contribution in [-0.4, -0.2) is 15.8 Å². The summed E-state index contributed by atoms with van der Waals surface area (Å²) in [6.45, 7) is 0. The maximum atomic E-state index is 12.6. The van der Waals surface area contributed by atoms with Crippen LogP contribution < -0.4 is 10.1 Å². The summed E-state index contributed by atoms with van der Waals surface area (Å²) < 4.78 is 6.50. The molecule has 0 bridgehead atoms. The van der Waals surface area contributed by atoms with E-state index in [9.17, 15) is 14.9 Å². The van der Waals surface area contributed by atoms with Crippen LogP contribution in [0, 0.1) is 10.1 Å². The number of aromatic nitrogens is 1. The molecule has 0 aliphatic carbocycles. The van der Waals surface area contributed by atoms with Crippen molar-refractivity contribution in [2.75, 3.05) is 5.32 Å². The summed E-state index contributed by atoms with van der Waals surface area (Å²) in [5, 5.41) is 13.5. The van der Waals surface area contributed by atoms with E-state index in [0.717, 1.165) is 4.47 Å². The Morgan fingerprint density at radius 3 is 2.59 bits per heavy atom. The van der Waals surface area contributed by atoms with Crippen LogP contribution in [0.2, 0.25) is 5.02 Å².